The molecule has 8 heteroatoms. The van der Waals surface area contributed by atoms with Gasteiger partial charge in [0.2, 0.25) is 0 Å². The predicted octanol–water partition coefficient (Wildman–Crippen LogP) is 2.55. The zero-order chi connectivity index (χ0) is 22.5. The van der Waals surface area contributed by atoms with Crippen LogP contribution < -0.4 is 11.3 Å². The summed E-state index contributed by atoms with van der Waals surface area (Å²) < 4.78 is 21.3. The maximum absolute atomic E-state index is 14.6. The number of nitrogens with two attached hydrogens (primary N) is 1. The molecule has 4 heterocycles. The summed E-state index contributed by atoms with van der Waals surface area (Å²) in [5.74, 6) is -1.14. The summed E-state index contributed by atoms with van der Waals surface area (Å²) >= 11 is 0. The van der Waals surface area contributed by atoms with E-state index in [1.165, 1.54) is 6.07 Å². The van der Waals surface area contributed by atoms with E-state index in [-0.39, 0.29) is 42.1 Å². The summed E-state index contributed by atoms with van der Waals surface area (Å²) in [5, 5.41) is 11.8. The maximum Gasteiger partial charge on any atom is 0.343 e. The fourth-order valence-corrected chi connectivity index (χ4v) is 5.25. The topological polar surface area (TPSA) is 107 Å². The molecule has 2 atom stereocenters. The first-order valence-electron chi connectivity index (χ1n) is 10.5. The van der Waals surface area contributed by atoms with Crippen molar-refractivity contribution in [1.82, 2.24) is 9.55 Å². The highest BCUT2D eigenvalue weighted by Gasteiger charge is 2.45. The summed E-state index contributed by atoms with van der Waals surface area (Å²) in [4.78, 5) is 30.4. The third-order valence-corrected chi connectivity index (χ3v) is 7.07. The number of hydrogen-bond acceptors (Lipinski definition) is 6. The third kappa shape index (κ3) is 2.18. The van der Waals surface area contributed by atoms with Crippen LogP contribution in [-0.2, 0) is 28.3 Å². The Morgan fingerprint density at radius 1 is 1.34 bits per heavy atom. The smallest absolute Gasteiger partial charge is 0.343 e. The number of aliphatic hydroxyl groups is 1. The van der Waals surface area contributed by atoms with Crippen LogP contribution in [0.2, 0.25) is 0 Å². The van der Waals surface area contributed by atoms with Crippen LogP contribution in [0, 0.1) is 12.7 Å². The molecule has 0 unspecified atom stereocenters. The normalized spacial score (nSPS) is 22.5. The molecule has 0 saturated carbocycles. The SMILES string of the molecule is CC[C@@]1(O)C(=O)OCc2c1cc1n(c2=O)Cc2c-1nc1cc(F)c(C)c3c1c2[C@@H](N)C=C3. The molecule has 3 aliphatic rings. The van der Waals surface area contributed by atoms with Crippen molar-refractivity contribution in [2.75, 3.05) is 0 Å². The molecule has 1 aromatic carbocycles. The van der Waals surface area contributed by atoms with E-state index in [9.17, 15) is 19.1 Å². The first-order valence-corrected chi connectivity index (χ1v) is 10.5. The number of pyridine rings is 2. The maximum atomic E-state index is 14.6. The molecule has 0 amide bonds. The van der Waals surface area contributed by atoms with Gasteiger partial charge in [0.25, 0.3) is 5.56 Å². The van der Waals surface area contributed by atoms with E-state index < -0.39 is 17.6 Å². The van der Waals surface area contributed by atoms with Crippen LogP contribution in [0.4, 0.5) is 4.39 Å². The summed E-state index contributed by atoms with van der Waals surface area (Å²) in [7, 11) is 0. The molecule has 0 radical (unpaired) electrons. The lowest BCUT2D eigenvalue weighted by Crippen LogP contribution is -2.44. The second kappa shape index (κ2) is 6.11. The van der Waals surface area contributed by atoms with E-state index in [4.69, 9.17) is 15.5 Å². The van der Waals surface area contributed by atoms with Gasteiger partial charge in [-0.05, 0) is 36.1 Å². The molecule has 2 aromatic heterocycles. The van der Waals surface area contributed by atoms with Crippen molar-refractivity contribution >= 4 is 22.9 Å². The number of cyclic esters (lactones) is 1. The van der Waals surface area contributed by atoms with E-state index in [1.807, 2.05) is 12.2 Å². The number of nitrogens with zero attached hydrogens (tertiary/aromatic N) is 2. The Kier molecular flexibility index (Phi) is 3.69. The molecule has 1 aliphatic carbocycles. The highest BCUT2D eigenvalue weighted by molar-refractivity contribution is 5.98. The van der Waals surface area contributed by atoms with Gasteiger partial charge in [-0.3, -0.25) is 4.79 Å². The number of esters is 1. The Morgan fingerprint density at radius 3 is 2.88 bits per heavy atom. The number of carbonyl (C=O) groups excluding carboxylic acids is 1. The lowest BCUT2D eigenvalue weighted by atomic mass is 9.85. The average Bonchev–Trinajstić information content (AvgIpc) is 3.14. The Balaban J connectivity index is 1.71. The summed E-state index contributed by atoms with van der Waals surface area (Å²) in [5.41, 5.74) is 9.06. The van der Waals surface area contributed by atoms with Crippen molar-refractivity contribution in [3.8, 4) is 11.4 Å². The molecule has 6 rings (SSSR count). The van der Waals surface area contributed by atoms with Crippen molar-refractivity contribution < 1.29 is 19.0 Å². The molecular formula is C24H20FN3O4. The number of ether oxygens (including phenoxy) is 1. The van der Waals surface area contributed by atoms with Gasteiger partial charge in [-0.15, -0.1) is 0 Å². The highest BCUT2D eigenvalue weighted by Crippen LogP contribution is 2.44. The first-order chi connectivity index (χ1) is 15.3. The van der Waals surface area contributed by atoms with Crippen LogP contribution in [0.25, 0.3) is 28.4 Å². The van der Waals surface area contributed by atoms with Crippen molar-refractivity contribution in [3.63, 3.8) is 0 Å². The van der Waals surface area contributed by atoms with Crippen LogP contribution in [0.15, 0.2) is 23.0 Å². The van der Waals surface area contributed by atoms with E-state index in [0.29, 0.717) is 22.5 Å². The predicted molar refractivity (Wildman–Crippen MR) is 115 cm³/mol. The van der Waals surface area contributed by atoms with Gasteiger partial charge in [-0.1, -0.05) is 19.1 Å². The Hall–Kier alpha value is -3.36. The van der Waals surface area contributed by atoms with E-state index in [2.05, 4.69) is 0 Å². The second-order valence-electron chi connectivity index (χ2n) is 8.63. The zero-order valence-electron chi connectivity index (χ0n) is 17.5. The van der Waals surface area contributed by atoms with Crippen LogP contribution in [0.3, 0.4) is 0 Å². The van der Waals surface area contributed by atoms with Gasteiger partial charge in [0.05, 0.1) is 29.0 Å². The number of hydrogen-bond donors (Lipinski definition) is 2. The van der Waals surface area contributed by atoms with E-state index in [0.717, 1.165) is 22.1 Å². The average molecular weight is 433 g/mol. The lowest BCUT2D eigenvalue weighted by Gasteiger charge is -2.31. The highest BCUT2D eigenvalue weighted by atomic mass is 19.1. The van der Waals surface area contributed by atoms with Crippen molar-refractivity contribution in [1.29, 1.82) is 0 Å². The fraction of sp³-hybridized carbons (Fsp3) is 0.292. The molecular weight excluding hydrogens is 413 g/mol. The standard InChI is InChI=1S/C24H20FN3O4/c1-3-24(31)14-6-18-21-12(8-28(18)22(29)13(14)9-32-23(24)30)19-16(26)5-4-11-10(2)15(25)7-17(27-21)20(11)19/h4-7,16,31H,3,8-9,26H2,1-2H3/t16-,24-/m0/s1. The monoisotopic (exact) mass is 433 g/mol. The summed E-state index contributed by atoms with van der Waals surface area (Å²) in [6.07, 6.45) is 3.71. The van der Waals surface area contributed by atoms with Gasteiger partial charge in [0.1, 0.15) is 12.4 Å². The number of halogens is 1. The molecule has 3 N–H and O–H groups in total. The van der Waals surface area contributed by atoms with Crippen LogP contribution in [-0.4, -0.2) is 20.6 Å². The van der Waals surface area contributed by atoms with Crippen molar-refractivity contribution in [2.24, 2.45) is 5.73 Å². The molecule has 0 fully saturated rings. The number of fused-ring (bicyclic) bond motifs is 5. The second-order valence-corrected chi connectivity index (χ2v) is 8.63. The number of rotatable bonds is 1. The molecule has 0 spiro atoms. The quantitative estimate of drug-likeness (QED) is 0.447. The lowest BCUT2D eigenvalue weighted by molar-refractivity contribution is -0.172. The molecule has 0 bridgehead atoms. The van der Waals surface area contributed by atoms with E-state index >= 15 is 0 Å². The zero-order valence-corrected chi connectivity index (χ0v) is 17.5. The number of aromatic nitrogens is 2. The number of carbonyl (C=O) groups is 1. The van der Waals surface area contributed by atoms with Gasteiger partial charge >= 0.3 is 5.97 Å². The summed E-state index contributed by atoms with van der Waals surface area (Å²) in [6, 6.07) is 2.61. The van der Waals surface area contributed by atoms with Crippen molar-refractivity contribution in [3.05, 3.63) is 67.8 Å². The third-order valence-electron chi connectivity index (χ3n) is 7.07. The van der Waals surface area contributed by atoms with Crippen LogP contribution in [0.1, 0.15) is 52.8 Å². The largest absolute Gasteiger partial charge is 0.458 e. The fourth-order valence-electron chi connectivity index (χ4n) is 5.25. The minimum Gasteiger partial charge on any atom is -0.458 e. The minimum atomic E-state index is -1.90. The summed E-state index contributed by atoms with van der Waals surface area (Å²) in [6.45, 7) is 3.44. The van der Waals surface area contributed by atoms with Gasteiger partial charge in [0.15, 0.2) is 5.60 Å². The van der Waals surface area contributed by atoms with Crippen LogP contribution in [0.5, 0.6) is 0 Å². The molecule has 2 aliphatic heterocycles. The van der Waals surface area contributed by atoms with Crippen molar-refractivity contribution in [2.45, 2.75) is 45.1 Å². The molecule has 7 nitrogen and oxygen atoms in total. The minimum absolute atomic E-state index is 0.0640. The number of benzene rings is 1. The molecule has 162 valence electrons. The Labute approximate surface area is 181 Å². The molecule has 32 heavy (non-hydrogen) atoms. The Bertz CT molecular complexity index is 1490. The Morgan fingerprint density at radius 2 is 2.12 bits per heavy atom. The van der Waals surface area contributed by atoms with Gasteiger partial charge in [-0.2, -0.15) is 0 Å². The van der Waals surface area contributed by atoms with Gasteiger partial charge in [-0.25, -0.2) is 14.2 Å². The first kappa shape index (κ1) is 19.3. The van der Waals surface area contributed by atoms with E-state index in [1.54, 1.807) is 24.5 Å². The molecule has 0 saturated heterocycles. The van der Waals surface area contributed by atoms with Crippen LogP contribution >= 0.6 is 0 Å². The van der Waals surface area contributed by atoms with Gasteiger partial charge < -0.3 is 20.1 Å². The molecule has 3 aromatic rings. The van der Waals surface area contributed by atoms with Gasteiger partial charge in [0, 0.05) is 28.6 Å².